The topological polar surface area (TPSA) is 95.1 Å². The van der Waals surface area contributed by atoms with E-state index in [1.54, 1.807) is 0 Å². The van der Waals surface area contributed by atoms with E-state index in [-0.39, 0.29) is 11.3 Å². The molecule has 0 saturated carbocycles. The molecule has 0 spiro atoms. The fraction of sp³-hybridized carbons (Fsp3) is 0.0833. The lowest BCUT2D eigenvalue weighted by Crippen LogP contribution is -2.21. The van der Waals surface area contributed by atoms with Gasteiger partial charge in [0.05, 0.1) is 11.4 Å². The van der Waals surface area contributed by atoms with E-state index in [2.05, 4.69) is 9.97 Å². The van der Waals surface area contributed by atoms with Crippen molar-refractivity contribution >= 4 is 17.7 Å². The number of H-pyrrole nitrogens is 1. The van der Waals surface area contributed by atoms with Gasteiger partial charge in [-0.05, 0) is 0 Å². The summed E-state index contributed by atoms with van der Waals surface area (Å²) in [5.74, 6) is -0.588. The molecular weight excluding hydrogens is 266 g/mol. The molecule has 6 nitrogen and oxygen atoms in total. The Bertz CT molecular complexity index is 628. The van der Waals surface area contributed by atoms with Crippen molar-refractivity contribution in [3.8, 4) is 11.3 Å². The maximum absolute atomic E-state index is 11.5. The fourth-order valence-electron chi connectivity index (χ4n) is 1.43. The van der Waals surface area contributed by atoms with Crippen LogP contribution in [0.1, 0.15) is 0 Å². The molecule has 0 aliphatic heterocycles. The molecule has 7 heteroatoms. The minimum absolute atomic E-state index is 0.0301. The van der Waals surface area contributed by atoms with E-state index in [0.717, 1.165) is 17.3 Å². The molecule has 3 N–H and O–H groups in total. The average Bonchev–Trinajstić information content (AvgIpc) is 2.45. The number of nitrogens with zero attached hydrogens (tertiary/aromatic N) is 1. The van der Waals surface area contributed by atoms with Gasteiger partial charge in [-0.25, -0.2) is 10.5 Å². The first-order chi connectivity index (χ1) is 9.19. The Balaban J connectivity index is 2.25. The van der Waals surface area contributed by atoms with Crippen LogP contribution in [-0.2, 0) is 4.79 Å². The van der Waals surface area contributed by atoms with Gasteiger partial charge >= 0.3 is 0 Å². The van der Waals surface area contributed by atoms with Crippen LogP contribution in [0.15, 0.2) is 46.3 Å². The molecule has 2 rings (SSSR count). The van der Waals surface area contributed by atoms with Crippen LogP contribution in [0.3, 0.4) is 0 Å². The molecule has 0 radical (unpaired) electrons. The molecule has 1 aromatic carbocycles. The minimum Gasteiger partial charge on any atom is -0.301 e. The molecule has 1 aromatic heterocycles. The zero-order valence-electron chi connectivity index (χ0n) is 9.79. The van der Waals surface area contributed by atoms with Crippen molar-refractivity contribution in [2.75, 3.05) is 5.75 Å². The third kappa shape index (κ3) is 3.67. The van der Waals surface area contributed by atoms with Crippen LogP contribution in [-0.4, -0.2) is 26.8 Å². The zero-order valence-corrected chi connectivity index (χ0v) is 10.6. The maximum Gasteiger partial charge on any atom is 0.253 e. The van der Waals surface area contributed by atoms with Gasteiger partial charge in [-0.15, -0.1) is 0 Å². The Morgan fingerprint density at radius 3 is 2.79 bits per heavy atom. The van der Waals surface area contributed by atoms with E-state index < -0.39 is 5.91 Å². The van der Waals surface area contributed by atoms with Gasteiger partial charge in [0, 0.05) is 11.6 Å². The van der Waals surface area contributed by atoms with Crippen molar-refractivity contribution in [1.29, 1.82) is 0 Å². The summed E-state index contributed by atoms with van der Waals surface area (Å²) in [5.41, 5.74) is 2.59. The molecule has 98 valence electrons. The first-order valence-corrected chi connectivity index (χ1v) is 6.40. The second kappa shape index (κ2) is 6.17. The highest BCUT2D eigenvalue weighted by atomic mass is 32.2. The molecule has 0 fully saturated rings. The van der Waals surface area contributed by atoms with E-state index in [9.17, 15) is 9.59 Å². The van der Waals surface area contributed by atoms with Gasteiger partial charge < -0.3 is 4.98 Å². The van der Waals surface area contributed by atoms with Gasteiger partial charge in [0.2, 0.25) is 0 Å². The lowest BCUT2D eigenvalue weighted by atomic mass is 10.1. The molecule has 1 amide bonds. The third-order valence-corrected chi connectivity index (χ3v) is 3.13. The maximum atomic E-state index is 11.5. The Morgan fingerprint density at radius 2 is 2.11 bits per heavy atom. The smallest absolute Gasteiger partial charge is 0.253 e. The van der Waals surface area contributed by atoms with Gasteiger partial charge in [-0.2, -0.15) is 0 Å². The normalized spacial score (nSPS) is 10.2. The Kier molecular flexibility index (Phi) is 4.32. The van der Waals surface area contributed by atoms with Gasteiger partial charge in [-0.3, -0.25) is 14.8 Å². The molecule has 0 atom stereocenters. The highest BCUT2D eigenvalue weighted by Crippen LogP contribution is 2.18. The first kappa shape index (κ1) is 13.3. The van der Waals surface area contributed by atoms with E-state index in [1.807, 2.05) is 30.3 Å². The van der Waals surface area contributed by atoms with E-state index in [0.29, 0.717) is 10.9 Å². The predicted octanol–water partition coefficient (Wildman–Crippen LogP) is 1.03. The standard InChI is InChI=1S/C12H11N3O3S/c16-10-6-9(8-4-2-1-3-5-8)13-12(14-10)19-7-11(17)15-18/h1-6,18H,7H2,(H,15,17)(H,13,14,16). The van der Waals surface area contributed by atoms with Crippen LogP contribution in [0, 0.1) is 0 Å². The second-order valence-corrected chi connectivity index (χ2v) is 4.59. The number of aromatic nitrogens is 2. The predicted molar refractivity (Wildman–Crippen MR) is 70.9 cm³/mol. The number of carbonyl (C=O) groups excluding carboxylic acids is 1. The first-order valence-electron chi connectivity index (χ1n) is 5.41. The van der Waals surface area contributed by atoms with Crippen molar-refractivity contribution < 1.29 is 10.0 Å². The van der Waals surface area contributed by atoms with Crippen LogP contribution in [0.5, 0.6) is 0 Å². The molecule has 0 unspecified atom stereocenters. The number of hydrogen-bond donors (Lipinski definition) is 3. The number of benzene rings is 1. The van der Waals surface area contributed by atoms with Crippen molar-refractivity contribution in [3.63, 3.8) is 0 Å². The summed E-state index contributed by atoms with van der Waals surface area (Å²) in [6, 6.07) is 10.7. The van der Waals surface area contributed by atoms with Crippen LogP contribution in [0.4, 0.5) is 0 Å². The molecule has 0 saturated heterocycles. The highest BCUT2D eigenvalue weighted by Gasteiger charge is 2.06. The summed E-state index contributed by atoms with van der Waals surface area (Å²) in [4.78, 5) is 29.3. The monoisotopic (exact) mass is 277 g/mol. The average molecular weight is 277 g/mol. The van der Waals surface area contributed by atoms with E-state index in [4.69, 9.17) is 5.21 Å². The van der Waals surface area contributed by atoms with E-state index in [1.165, 1.54) is 11.5 Å². The number of hydroxylamine groups is 1. The summed E-state index contributed by atoms with van der Waals surface area (Å²) in [6.45, 7) is 0. The van der Waals surface area contributed by atoms with Crippen LogP contribution in [0.2, 0.25) is 0 Å². The number of nitrogens with one attached hydrogen (secondary N) is 2. The number of amides is 1. The van der Waals surface area contributed by atoms with Crippen LogP contribution >= 0.6 is 11.8 Å². The lowest BCUT2D eigenvalue weighted by molar-refractivity contribution is -0.126. The van der Waals surface area contributed by atoms with Crippen molar-refractivity contribution in [2.24, 2.45) is 0 Å². The zero-order chi connectivity index (χ0) is 13.7. The summed E-state index contributed by atoms with van der Waals surface area (Å²) in [7, 11) is 0. The molecule has 0 aliphatic rings. The van der Waals surface area contributed by atoms with Gasteiger partial charge in [-0.1, -0.05) is 42.1 Å². The fourth-order valence-corrected chi connectivity index (χ4v) is 2.09. The van der Waals surface area contributed by atoms with E-state index >= 15 is 0 Å². The quantitative estimate of drug-likeness (QED) is 0.336. The number of carbonyl (C=O) groups is 1. The van der Waals surface area contributed by atoms with Crippen LogP contribution < -0.4 is 11.0 Å². The molecule has 0 aliphatic carbocycles. The van der Waals surface area contributed by atoms with Gasteiger partial charge in [0.25, 0.3) is 11.5 Å². The van der Waals surface area contributed by atoms with Gasteiger partial charge in [0.1, 0.15) is 0 Å². The Morgan fingerprint density at radius 1 is 1.37 bits per heavy atom. The molecule has 2 aromatic rings. The Labute approximate surface area is 112 Å². The SMILES string of the molecule is O=C(CSc1nc(-c2ccccc2)cc(=O)[nH]1)NO. The van der Waals surface area contributed by atoms with Crippen molar-refractivity contribution in [1.82, 2.24) is 15.4 Å². The summed E-state index contributed by atoms with van der Waals surface area (Å²) < 4.78 is 0. The van der Waals surface area contributed by atoms with Crippen LogP contribution in [0.25, 0.3) is 11.3 Å². The second-order valence-electron chi connectivity index (χ2n) is 3.63. The van der Waals surface area contributed by atoms with Gasteiger partial charge in [0.15, 0.2) is 5.16 Å². The largest absolute Gasteiger partial charge is 0.301 e. The number of rotatable bonds is 4. The lowest BCUT2D eigenvalue weighted by Gasteiger charge is -2.03. The molecule has 0 bridgehead atoms. The van der Waals surface area contributed by atoms with Crippen molar-refractivity contribution in [2.45, 2.75) is 5.16 Å². The number of hydrogen-bond acceptors (Lipinski definition) is 5. The Hall–Kier alpha value is -2.12. The highest BCUT2D eigenvalue weighted by molar-refractivity contribution is 7.99. The third-order valence-electron chi connectivity index (χ3n) is 2.25. The summed E-state index contributed by atoms with van der Waals surface area (Å²) in [6.07, 6.45) is 0. The molecule has 1 heterocycles. The summed E-state index contributed by atoms with van der Waals surface area (Å²) in [5, 5.41) is 8.72. The summed E-state index contributed by atoms with van der Waals surface area (Å²) >= 11 is 1.04. The number of thioether (sulfide) groups is 1. The molecule has 19 heavy (non-hydrogen) atoms. The van der Waals surface area contributed by atoms with Crippen molar-refractivity contribution in [3.05, 3.63) is 46.8 Å². The number of aromatic amines is 1. The minimum atomic E-state index is -0.558. The molecular formula is C12H11N3O3S.